The number of aryl methyl sites for hydroxylation is 1. The molecular weight excluding hydrogens is 236 g/mol. The largest absolute Gasteiger partial charge is 0.386 e. The molecule has 1 heterocycles. The summed E-state index contributed by atoms with van der Waals surface area (Å²) < 4.78 is 0. The lowest BCUT2D eigenvalue weighted by Crippen LogP contribution is -2.49. The summed E-state index contributed by atoms with van der Waals surface area (Å²) in [5.41, 5.74) is 1.81. The molecule has 0 saturated heterocycles. The molecule has 106 valence electrons. The first-order valence-electron chi connectivity index (χ1n) is 7.34. The van der Waals surface area contributed by atoms with Gasteiger partial charge in [-0.3, -0.25) is 4.98 Å². The van der Waals surface area contributed by atoms with Crippen LogP contribution in [-0.4, -0.2) is 34.6 Å². The highest BCUT2D eigenvalue weighted by atomic mass is 16.3. The summed E-state index contributed by atoms with van der Waals surface area (Å²) in [5.74, 6) is 0. The zero-order chi connectivity index (χ0) is 13.9. The second-order valence-corrected chi connectivity index (χ2v) is 6.05. The fourth-order valence-electron chi connectivity index (χ4n) is 3.26. The molecule has 0 radical (unpaired) electrons. The van der Waals surface area contributed by atoms with Gasteiger partial charge in [-0.15, -0.1) is 0 Å². The van der Waals surface area contributed by atoms with Crippen LogP contribution in [0.15, 0.2) is 18.3 Å². The van der Waals surface area contributed by atoms with Gasteiger partial charge in [0.05, 0.1) is 11.6 Å². The molecule has 2 rings (SSSR count). The van der Waals surface area contributed by atoms with Gasteiger partial charge in [-0.25, -0.2) is 0 Å². The number of aliphatic hydroxyl groups excluding tert-OH is 1. The van der Waals surface area contributed by atoms with Gasteiger partial charge in [-0.05, 0) is 39.9 Å². The van der Waals surface area contributed by atoms with E-state index in [-0.39, 0.29) is 5.54 Å². The minimum absolute atomic E-state index is 0.132. The molecular formula is C16H26N2O. The van der Waals surface area contributed by atoms with E-state index in [0.29, 0.717) is 0 Å². The molecule has 0 aromatic carbocycles. The maximum Gasteiger partial charge on any atom is 0.0988 e. The van der Waals surface area contributed by atoms with E-state index in [1.54, 1.807) is 0 Å². The van der Waals surface area contributed by atoms with Gasteiger partial charge in [-0.2, -0.15) is 0 Å². The fourth-order valence-corrected chi connectivity index (χ4v) is 3.26. The minimum atomic E-state index is -0.450. The molecule has 0 aliphatic heterocycles. The summed E-state index contributed by atoms with van der Waals surface area (Å²) >= 11 is 0. The fraction of sp³-hybridized carbons (Fsp3) is 0.688. The van der Waals surface area contributed by atoms with Crippen molar-refractivity contribution < 1.29 is 5.11 Å². The van der Waals surface area contributed by atoms with Gasteiger partial charge in [0, 0.05) is 17.5 Å². The van der Waals surface area contributed by atoms with Crippen LogP contribution in [0, 0.1) is 6.92 Å². The van der Waals surface area contributed by atoms with Crippen molar-refractivity contribution in [2.24, 2.45) is 0 Å². The van der Waals surface area contributed by atoms with Crippen molar-refractivity contribution in [1.82, 2.24) is 9.88 Å². The summed E-state index contributed by atoms with van der Waals surface area (Å²) in [7, 11) is 4.19. The summed E-state index contributed by atoms with van der Waals surface area (Å²) in [6, 6.07) is 4.00. The van der Waals surface area contributed by atoms with E-state index in [9.17, 15) is 5.11 Å². The Morgan fingerprint density at radius 2 is 1.79 bits per heavy atom. The first-order chi connectivity index (χ1) is 9.06. The summed E-state index contributed by atoms with van der Waals surface area (Å²) in [6.07, 6.45) is 8.49. The molecule has 1 aliphatic carbocycles. The minimum Gasteiger partial charge on any atom is -0.386 e. The first-order valence-corrected chi connectivity index (χ1v) is 7.34. The quantitative estimate of drug-likeness (QED) is 0.850. The van der Waals surface area contributed by atoms with E-state index >= 15 is 0 Å². The van der Waals surface area contributed by atoms with Gasteiger partial charge in [0.25, 0.3) is 0 Å². The van der Waals surface area contributed by atoms with Crippen molar-refractivity contribution in [2.75, 3.05) is 14.1 Å². The molecule has 1 unspecified atom stereocenters. The van der Waals surface area contributed by atoms with Gasteiger partial charge in [-0.1, -0.05) is 31.7 Å². The molecule has 1 N–H and O–H groups in total. The van der Waals surface area contributed by atoms with Crippen LogP contribution in [0.1, 0.15) is 55.9 Å². The Bertz CT molecular complexity index is 392. The standard InChI is InChI=1S/C16H26N2O/c1-13-8-9-14(12-17-13)15(19)16(18(2)3)10-6-4-5-7-11-16/h8-9,12,15,19H,4-7,10-11H2,1-3H3. The predicted octanol–water partition coefficient (Wildman–Crippen LogP) is 3.08. The number of pyridine rings is 1. The highest BCUT2D eigenvalue weighted by Gasteiger charge is 2.40. The van der Waals surface area contributed by atoms with E-state index in [1.165, 1.54) is 25.7 Å². The molecule has 1 atom stereocenters. The Morgan fingerprint density at radius 3 is 2.26 bits per heavy atom. The highest BCUT2D eigenvalue weighted by Crippen LogP contribution is 2.40. The Hall–Kier alpha value is -0.930. The number of hydrogen-bond donors (Lipinski definition) is 1. The molecule has 0 bridgehead atoms. The number of rotatable bonds is 3. The second-order valence-electron chi connectivity index (χ2n) is 6.05. The van der Waals surface area contributed by atoms with Gasteiger partial charge >= 0.3 is 0 Å². The molecule has 1 aromatic rings. The van der Waals surface area contributed by atoms with E-state index in [0.717, 1.165) is 24.1 Å². The predicted molar refractivity (Wildman–Crippen MR) is 78.1 cm³/mol. The Labute approximate surface area is 116 Å². The lowest BCUT2D eigenvalue weighted by atomic mass is 9.80. The third kappa shape index (κ3) is 2.98. The molecule has 3 heteroatoms. The molecule has 1 saturated carbocycles. The van der Waals surface area contributed by atoms with E-state index in [2.05, 4.69) is 24.0 Å². The molecule has 0 spiro atoms. The topological polar surface area (TPSA) is 36.4 Å². The number of hydrogen-bond acceptors (Lipinski definition) is 3. The Morgan fingerprint density at radius 1 is 1.16 bits per heavy atom. The van der Waals surface area contributed by atoms with Crippen LogP contribution in [-0.2, 0) is 0 Å². The maximum absolute atomic E-state index is 10.9. The summed E-state index contributed by atoms with van der Waals surface area (Å²) in [4.78, 5) is 6.56. The van der Waals surface area contributed by atoms with Crippen molar-refractivity contribution >= 4 is 0 Å². The van der Waals surface area contributed by atoms with Crippen LogP contribution in [0.3, 0.4) is 0 Å². The second kappa shape index (κ2) is 6.02. The van der Waals surface area contributed by atoms with Gasteiger partial charge < -0.3 is 10.0 Å². The average molecular weight is 262 g/mol. The monoisotopic (exact) mass is 262 g/mol. The normalized spacial score (nSPS) is 21.1. The van der Waals surface area contributed by atoms with Crippen LogP contribution >= 0.6 is 0 Å². The van der Waals surface area contributed by atoms with Gasteiger partial charge in [0.2, 0.25) is 0 Å². The molecule has 1 aromatic heterocycles. The van der Waals surface area contributed by atoms with E-state index in [1.807, 2.05) is 25.3 Å². The number of aliphatic hydroxyl groups is 1. The van der Waals surface area contributed by atoms with E-state index in [4.69, 9.17) is 0 Å². The lowest BCUT2D eigenvalue weighted by Gasteiger charge is -2.43. The lowest BCUT2D eigenvalue weighted by molar-refractivity contribution is -0.0200. The van der Waals surface area contributed by atoms with Gasteiger partial charge in [0.1, 0.15) is 0 Å². The zero-order valence-corrected chi connectivity index (χ0v) is 12.4. The smallest absolute Gasteiger partial charge is 0.0988 e. The number of likely N-dealkylation sites (N-methyl/N-ethyl adjacent to an activating group) is 1. The molecule has 1 fully saturated rings. The zero-order valence-electron chi connectivity index (χ0n) is 12.4. The van der Waals surface area contributed by atoms with Crippen molar-refractivity contribution in [2.45, 2.75) is 57.1 Å². The number of nitrogens with zero attached hydrogens (tertiary/aromatic N) is 2. The van der Waals surface area contributed by atoms with Crippen molar-refractivity contribution in [3.8, 4) is 0 Å². The first kappa shape index (κ1) is 14.5. The molecule has 0 amide bonds. The van der Waals surface area contributed by atoms with Crippen LogP contribution in [0.2, 0.25) is 0 Å². The summed E-state index contributed by atoms with van der Waals surface area (Å²) in [5, 5.41) is 10.9. The van der Waals surface area contributed by atoms with Crippen LogP contribution in [0.25, 0.3) is 0 Å². The van der Waals surface area contributed by atoms with Crippen LogP contribution < -0.4 is 0 Å². The SMILES string of the molecule is Cc1ccc(C(O)C2(N(C)C)CCCCCC2)cn1. The Balaban J connectivity index is 2.29. The molecule has 19 heavy (non-hydrogen) atoms. The summed E-state index contributed by atoms with van der Waals surface area (Å²) in [6.45, 7) is 1.98. The number of aromatic nitrogens is 1. The van der Waals surface area contributed by atoms with E-state index < -0.39 is 6.10 Å². The van der Waals surface area contributed by atoms with Crippen LogP contribution in [0.5, 0.6) is 0 Å². The molecule has 1 aliphatic rings. The average Bonchev–Trinajstić information content (AvgIpc) is 2.65. The van der Waals surface area contributed by atoms with Crippen molar-refractivity contribution in [3.05, 3.63) is 29.6 Å². The maximum atomic E-state index is 10.9. The van der Waals surface area contributed by atoms with Gasteiger partial charge in [0.15, 0.2) is 0 Å². The molecule has 3 nitrogen and oxygen atoms in total. The third-order valence-corrected chi connectivity index (χ3v) is 4.62. The van der Waals surface area contributed by atoms with Crippen molar-refractivity contribution in [1.29, 1.82) is 0 Å². The van der Waals surface area contributed by atoms with Crippen molar-refractivity contribution in [3.63, 3.8) is 0 Å². The highest BCUT2D eigenvalue weighted by molar-refractivity contribution is 5.20. The van der Waals surface area contributed by atoms with Crippen LogP contribution in [0.4, 0.5) is 0 Å². The third-order valence-electron chi connectivity index (χ3n) is 4.62. The Kier molecular flexibility index (Phi) is 4.58.